The van der Waals surface area contributed by atoms with E-state index in [0.29, 0.717) is 14.8 Å². The number of fused-ring (bicyclic) bond motifs is 1. The maximum atomic E-state index is 13.7. The van der Waals surface area contributed by atoms with Gasteiger partial charge in [0.15, 0.2) is 0 Å². The lowest BCUT2D eigenvalue weighted by Crippen LogP contribution is -2.41. The molecule has 0 spiro atoms. The highest BCUT2D eigenvalue weighted by Gasteiger charge is 2.39. The molecule has 0 unspecified atom stereocenters. The lowest BCUT2D eigenvalue weighted by Gasteiger charge is -2.27. The van der Waals surface area contributed by atoms with Crippen molar-refractivity contribution in [2.45, 2.75) is 15.9 Å². The summed E-state index contributed by atoms with van der Waals surface area (Å²) >= 11 is 2.26. The van der Waals surface area contributed by atoms with Crippen LogP contribution in [0.3, 0.4) is 0 Å². The van der Waals surface area contributed by atoms with Crippen LogP contribution in [0, 0.1) is 5.82 Å². The number of carbonyl (C=O) groups is 2. The van der Waals surface area contributed by atoms with Crippen molar-refractivity contribution in [3.8, 4) is 5.75 Å². The topological polar surface area (TPSA) is 123 Å². The van der Waals surface area contributed by atoms with E-state index in [0.717, 1.165) is 17.4 Å². The molecule has 0 radical (unpaired) electrons. The summed E-state index contributed by atoms with van der Waals surface area (Å²) in [5.74, 6) is -3.14. The van der Waals surface area contributed by atoms with Gasteiger partial charge in [0, 0.05) is 0 Å². The molecule has 1 aromatic carbocycles. The number of thiazole rings is 1. The van der Waals surface area contributed by atoms with Gasteiger partial charge < -0.3 is 20.5 Å². The molecule has 0 aliphatic carbocycles. The number of primary amides is 1. The van der Waals surface area contributed by atoms with Crippen molar-refractivity contribution in [3.63, 3.8) is 0 Å². The Balaban J connectivity index is 1.85. The molecule has 1 atom stereocenters. The van der Waals surface area contributed by atoms with Gasteiger partial charge in [0.05, 0.1) is 11.3 Å². The largest absolute Gasteiger partial charge is 0.537 e. The van der Waals surface area contributed by atoms with E-state index >= 15 is 0 Å². The molecular formula is C13H10BFN2O5S2. The van der Waals surface area contributed by atoms with Crippen LogP contribution in [0.2, 0.25) is 0 Å². The van der Waals surface area contributed by atoms with E-state index in [4.69, 9.17) is 15.5 Å². The number of carboxylic acids is 1. The predicted molar refractivity (Wildman–Crippen MR) is 85.9 cm³/mol. The molecular weight excluding hydrogens is 358 g/mol. The number of carbonyl (C=O) groups excluding carboxylic acids is 1. The van der Waals surface area contributed by atoms with Gasteiger partial charge in [-0.1, -0.05) is 17.8 Å². The zero-order valence-electron chi connectivity index (χ0n) is 11.9. The Labute approximate surface area is 143 Å². The highest BCUT2D eigenvalue weighted by atomic mass is 32.2. The van der Waals surface area contributed by atoms with Gasteiger partial charge in [0.2, 0.25) is 0 Å². The first-order chi connectivity index (χ1) is 11.4. The average molecular weight is 368 g/mol. The third-order valence-corrected chi connectivity index (χ3v) is 5.71. The number of aromatic carboxylic acids is 1. The monoisotopic (exact) mass is 368 g/mol. The van der Waals surface area contributed by atoms with Crippen molar-refractivity contribution in [3.05, 3.63) is 40.2 Å². The Morgan fingerprint density at radius 1 is 1.50 bits per heavy atom. The van der Waals surface area contributed by atoms with Crippen LogP contribution in [0.4, 0.5) is 4.39 Å². The molecule has 1 amide bonds. The van der Waals surface area contributed by atoms with Gasteiger partial charge in [-0.2, -0.15) is 0 Å². The van der Waals surface area contributed by atoms with E-state index in [1.54, 1.807) is 0 Å². The Hall–Kier alpha value is -2.11. The number of aromatic nitrogens is 1. The first-order valence-electron chi connectivity index (χ1n) is 6.68. The summed E-state index contributed by atoms with van der Waals surface area (Å²) in [6.07, 6.45) is 1.60. The summed E-state index contributed by atoms with van der Waals surface area (Å²) < 4.78 is 19.4. The van der Waals surface area contributed by atoms with Crippen LogP contribution in [0.1, 0.15) is 25.6 Å². The smallest absolute Gasteiger partial charge is 0.535 e. The fraction of sp³-hybridized carbons (Fsp3) is 0.154. The minimum absolute atomic E-state index is 0.163. The summed E-state index contributed by atoms with van der Waals surface area (Å²) in [4.78, 5) is 26.6. The van der Waals surface area contributed by atoms with Crippen LogP contribution < -0.4 is 10.4 Å². The van der Waals surface area contributed by atoms with Crippen molar-refractivity contribution in [2.24, 2.45) is 5.73 Å². The lowest BCUT2D eigenvalue weighted by molar-refractivity contribution is 0.0688. The number of nitrogens with two attached hydrogens (primary N) is 1. The standard InChI is InChI=1S/C13H10BFN2O5S2/c15-6-2-1-5-3-8(14(21)22-10(5)9(6)12(19)20)24-13-17-4-7(23-13)11(16)18/h1-2,4,8,21H,3H2,(H2,16,18)(H,19,20)/t8-/m0/s1. The molecule has 1 aromatic heterocycles. The second kappa shape index (κ2) is 6.42. The maximum Gasteiger partial charge on any atom is 0.537 e. The van der Waals surface area contributed by atoms with E-state index in [9.17, 15) is 19.0 Å². The Kier molecular flexibility index (Phi) is 4.48. The zero-order chi connectivity index (χ0) is 17.4. The lowest BCUT2D eigenvalue weighted by atomic mass is 9.77. The highest BCUT2D eigenvalue weighted by Crippen LogP contribution is 2.38. The Morgan fingerprint density at radius 2 is 2.25 bits per heavy atom. The van der Waals surface area contributed by atoms with Gasteiger partial charge in [-0.15, -0.1) is 11.3 Å². The minimum atomic E-state index is -1.46. The second-order valence-corrected chi connectivity index (χ2v) is 7.46. The summed E-state index contributed by atoms with van der Waals surface area (Å²) in [6.45, 7) is 0. The Morgan fingerprint density at radius 3 is 2.88 bits per heavy atom. The first-order valence-corrected chi connectivity index (χ1v) is 8.38. The molecule has 0 saturated carbocycles. The predicted octanol–water partition coefficient (Wildman–Crippen LogP) is 1.19. The second-order valence-electron chi connectivity index (χ2n) is 4.94. The molecule has 11 heteroatoms. The molecule has 0 fully saturated rings. The molecule has 3 rings (SSSR count). The van der Waals surface area contributed by atoms with Gasteiger partial charge in [0.25, 0.3) is 5.91 Å². The molecule has 1 aliphatic heterocycles. The molecule has 0 bridgehead atoms. The number of rotatable bonds is 4. The molecule has 124 valence electrons. The van der Waals surface area contributed by atoms with Gasteiger partial charge in [0.1, 0.15) is 26.3 Å². The molecule has 7 nitrogen and oxygen atoms in total. The van der Waals surface area contributed by atoms with Crippen molar-refractivity contribution in [1.82, 2.24) is 4.98 Å². The van der Waals surface area contributed by atoms with E-state index in [1.807, 2.05) is 0 Å². The van der Waals surface area contributed by atoms with Crippen LogP contribution in [0.5, 0.6) is 5.75 Å². The van der Waals surface area contributed by atoms with E-state index < -0.39 is 35.5 Å². The molecule has 2 aromatic rings. The number of hydrogen-bond donors (Lipinski definition) is 3. The van der Waals surface area contributed by atoms with Crippen LogP contribution in [-0.4, -0.2) is 39.3 Å². The normalized spacial score (nSPS) is 16.4. The van der Waals surface area contributed by atoms with Gasteiger partial charge in [-0.05, 0) is 18.1 Å². The van der Waals surface area contributed by atoms with Crippen molar-refractivity contribution in [1.29, 1.82) is 0 Å². The van der Waals surface area contributed by atoms with Gasteiger partial charge >= 0.3 is 13.1 Å². The fourth-order valence-corrected chi connectivity index (χ4v) is 4.41. The number of hydrogen-bond acceptors (Lipinski definition) is 7. The summed E-state index contributed by atoms with van der Waals surface area (Å²) in [7, 11) is -1.34. The van der Waals surface area contributed by atoms with Crippen molar-refractivity contribution >= 4 is 42.1 Å². The number of halogens is 1. The molecule has 24 heavy (non-hydrogen) atoms. The third kappa shape index (κ3) is 3.10. The van der Waals surface area contributed by atoms with Crippen LogP contribution in [-0.2, 0) is 6.42 Å². The third-order valence-electron chi connectivity index (χ3n) is 3.36. The number of thioether (sulfide) groups is 1. The van der Waals surface area contributed by atoms with Gasteiger partial charge in [-0.25, -0.2) is 14.2 Å². The highest BCUT2D eigenvalue weighted by molar-refractivity contribution is 8.02. The Bertz CT molecular complexity index is 831. The van der Waals surface area contributed by atoms with Crippen molar-refractivity contribution < 1.29 is 28.8 Å². The van der Waals surface area contributed by atoms with Crippen LogP contribution in [0.25, 0.3) is 0 Å². The molecule has 0 saturated heterocycles. The maximum absolute atomic E-state index is 13.7. The first kappa shape index (κ1) is 16.7. The minimum Gasteiger partial charge on any atom is -0.535 e. The van der Waals surface area contributed by atoms with E-state index in [2.05, 4.69) is 4.98 Å². The summed E-state index contributed by atoms with van der Waals surface area (Å²) in [5, 5.41) is 18.7. The SMILES string of the molecule is NC(=O)c1cnc(S[C@H]2Cc3ccc(F)c(C(=O)O)c3OB2O)s1. The number of amides is 1. The average Bonchev–Trinajstić information content (AvgIpc) is 2.97. The molecule has 1 aliphatic rings. The zero-order valence-corrected chi connectivity index (χ0v) is 13.6. The fourth-order valence-electron chi connectivity index (χ4n) is 2.27. The summed E-state index contributed by atoms with van der Waals surface area (Å²) in [5.41, 5.74) is 5.05. The van der Waals surface area contributed by atoms with Crippen LogP contribution >= 0.6 is 23.1 Å². The number of nitrogens with zero attached hydrogens (tertiary/aromatic N) is 1. The van der Waals surface area contributed by atoms with E-state index in [-0.39, 0.29) is 12.2 Å². The molecule has 2 heterocycles. The van der Waals surface area contributed by atoms with Crippen molar-refractivity contribution in [2.75, 3.05) is 0 Å². The van der Waals surface area contributed by atoms with Gasteiger partial charge in [-0.3, -0.25) is 4.79 Å². The molecule has 4 N–H and O–H groups in total. The number of benzene rings is 1. The summed E-state index contributed by atoms with van der Waals surface area (Å²) in [6, 6.07) is 2.48. The van der Waals surface area contributed by atoms with E-state index in [1.165, 1.54) is 24.0 Å². The quantitative estimate of drug-likeness (QED) is 0.693. The van der Waals surface area contributed by atoms with Crippen LogP contribution in [0.15, 0.2) is 22.7 Å². The number of carboxylic acid groups (broad SMARTS) is 1.